The van der Waals surface area contributed by atoms with Gasteiger partial charge in [0.2, 0.25) is 0 Å². The number of fused-ring (bicyclic) bond motifs is 1. The van der Waals surface area contributed by atoms with Gasteiger partial charge in [0.25, 0.3) is 0 Å². The molecule has 0 fully saturated rings. The van der Waals surface area contributed by atoms with Crippen LogP contribution in [0.25, 0.3) is 16.4 Å². The van der Waals surface area contributed by atoms with E-state index in [1.807, 2.05) is 54.6 Å². The summed E-state index contributed by atoms with van der Waals surface area (Å²) in [4.78, 5) is 4.37. The molecule has 0 atom stereocenters. The van der Waals surface area contributed by atoms with Crippen molar-refractivity contribution in [1.82, 2.24) is 4.98 Å². The van der Waals surface area contributed by atoms with Crippen LogP contribution in [0.15, 0.2) is 67.4 Å². The number of halogens is 1. The highest BCUT2D eigenvalue weighted by Crippen LogP contribution is 2.25. The average Bonchev–Trinajstić information content (AvgIpc) is 2.53. The third-order valence-corrected chi connectivity index (χ3v) is 3.58. The van der Waals surface area contributed by atoms with E-state index in [4.69, 9.17) is 16.3 Å². The fourth-order valence-corrected chi connectivity index (χ4v) is 2.45. The van der Waals surface area contributed by atoms with E-state index in [-0.39, 0.29) is 0 Å². The van der Waals surface area contributed by atoms with E-state index >= 15 is 0 Å². The molecule has 0 saturated heterocycles. The van der Waals surface area contributed by atoms with Crippen molar-refractivity contribution in [2.45, 2.75) is 0 Å². The largest absolute Gasteiger partial charge is 0.558 e. The Hall–Kier alpha value is -2.26. The highest BCUT2D eigenvalue weighted by Gasteiger charge is 2.09. The van der Waals surface area contributed by atoms with Crippen molar-refractivity contribution >= 4 is 35.5 Å². The second-order valence-electron chi connectivity index (χ2n) is 4.70. The Morgan fingerprint density at radius 3 is 2.71 bits per heavy atom. The van der Waals surface area contributed by atoms with Crippen LogP contribution in [-0.2, 0) is 0 Å². The Kier molecular flexibility index (Phi) is 3.93. The van der Waals surface area contributed by atoms with Gasteiger partial charge >= 0.3 is 7.48 Å². The highest BCUT2D eigenvalue weighted by molar-refractivity contribution is 6.56. The van der Waals surface area contributed by atoms with E-state index in [1.54, 1.807) is 6.20 Å². The molecule has 0 N–H and O–H groups in total. The van der Waals surface area contributed by atoms with Crippen molar-refractivity contribution in [2.24, 2.45) is 0 Å². The maximum atomic E-state index is 6.17. The van der Waals surface area contributed by atoms with Crippen LogP contribution in [0.1, 0.15) is 5.56 Å². The van der Waals surface area contributed by atoms with Crippen molar-refractivity contribution in [1.29, 1.82) is 0 Å². The van der Waals surface area contributed by atoms with E-state index in [0.717, 1.165) is 27.7 Å². The molecule has 0 spiro atoms. The molecule has 4 heteroatoms. The number of pyridine rings is 1. The molecular weight excluding hydrogens is 280 g/mol. The summed E-state index contributed by atoms with van der Waals surface area (Å²) in [6.07, 6.45) is 1.76. The Labute approximate surface area is 129 Å². The van der Waals surface area contributed by atoms with Gasteiger partial charge in [0.1, 0.15) is 11.3 Å². The van der Waals surface area contributed by atoms with Crippen LogP contribution in [0.5, 0.6) is 5.75 Å². The molecule has 1 aromatic heterocycles. The van der Waals surface area contributed by atoms with Crippen LogP contribution in [0.4, 0.5) is 0 Å². The lowest BCUT2D eigenvalue weighted by molar-refractivity contribution is 0.611. The highest BCUT2D eigenvalue weighted by atomic mass is 35.5. The Morgan fingerprint density at radius 2 is 1.86 bits per heavy atom. The van der Waals surface area contributed by atoms with Gasteiger partial charge < -0.3 is 4.65 Å². The lowest BCUT2D eigenvalue weighted by Crippen LogP contribution is -2.05. The first-order chi connectivity index (χ1) is 10.3. The summed E-state index contributed by atoms with van der Waals surface area (Å²) in [7, 11) is 0.374. The zero-order chi connectivity index (χ0) is 14.7. The molecule has 3 aromatic rings. The van der Waals surface area contributed by atoms with Crippen LogP contribution < -0.4 is 4.65 Å². The third kappa shape index (κ3) is 2.93. The minimum absolute atomic E-state index is 0.374. The molecule has 0 amide bonds. The van der Waals surface area contributed by atoms with Crippen molar-refractivity contribution in [3.8, 4) is 5.75 Å². The molecule has 2 nitrogen and oxygen atoms in total. The monoisotopic (exact) mass is 293 g/mol. The van der Waals surface area contributed by atoms with Crippen LogP contribution >= 0.6 is 11.6 Å². The zero-order valence-corrected chi connectivity index (χ0v) is 12.2. The number of nitrogens with zero attached hydrogens (tertiary/aromatic N) is 1. The van der Waals surface area contributed by atoms with Crippen molar-refractivity contribution in [3.05, 3.63) is 78.0 Å². The molecule has 0 bridgehead atoms. The van der Waals surface area contributed by atoms with Gasteiger partial charge in [0, 0.05) is 16.6 Å². The van der Waals surface area contributed by atoms with E-state index in [9.17, 15) is 0 Å². The first-order valence-electron chi connectivity index (χ1n) is 6.65. The second-order valence-corrected chi connectivity index (χ2v) is 5.11. The fourth-order valence-electron chi connectivity index (χ4n) is 2.18. The van der Waals surface area contributed by atoms with Gasteiger partial charge in [-0.25, -0.2) is 0 Å². The molecule has 21 heavy (non-hydrogen) atoms. The summed E-state index contributed by atoms with van der Waals surface area (Å²) in [5, 5.41) is 1.74. The van der Waals surface area contributed by atoms with Crippen LogP contribution in [0.3, 0.4) is 0 Å². The normalized spacial score (nSPS) is 10.3. The lowest BCUT2D eigenvalue weighted by atomic mass is 9.83. The van der Waals surface area contributed by atoms with Crippen LogP contribution in [0, 0.1) is 0 Å². The summed E-state index contributed by atoms with van der Waals surface area (Å²) in [5.41, 5.74) is 2.60. The number of para-hydroxylation sites is 1. The predicted octanol–water partition coefficient (Wildman–Crippen LogP) is 4.29. The summed E-state index contributed by atoms with van der Waals surface area (Å²) in [6.45, 7) is 4.05. The Balaban J connectivity index is 1.81. The maximum Gasteiger partial charge on any atom is 0.374 e. The standard InChI is InChI=1S/C17H13BClNO/c1-12(14-8-2-3-9-15(14)19)18-21-16-10-4-6-13-7-5-11-20-17(13)16/h2-11,18H,1H2. The molecule has 0 aliphatic heterocycles. The lowest BCUT2D eigenvalue weighted by Gasteiger charge is -2.10. The van der Waals surface area contributed by atoms with Crippen LogP contribution in [0.2, 0.25) is 5.02 Å². The number of hydrogen-bond donors (Lipinski definition) is 0. The Morgan fingerprint density at radius 1 is 1.05 bits per heavy atom. The summed E-state index contributed by atoms with van der Waals surface area (Å²) in [6, 6.07) is 17.4. The van der Waals surface area contributed by atoms with E-state index in [1.165, 1.54) is 0 Å². The van der Waals surface area contributed by atoms with Gasteiger partial charge in [-0.2, -0.15) is 0 Å². The average molecular weight is 294 g/mol. The number of rotatable bonds is 4. The fraction of sp³-hybridized carbons (Fsp3) is 0. The molecule has 1 heterocycles. The topological polar surface area (TPSA) is 22.1 Å². The summed E-state index contributed by atoms with van der Waals surface area (Å²) < 4.78 is 5.87. The van der Waals surface area contributed by atoms with Crippen molar-refractivity contribution < 1.29 is 4.65 Å². The first-order valence-corrected chi connectivity index (χ1v) is 7.03. The molecule has 0 unspecified atom stereocenters. The van der Waals surface area contributed by atoms with Crippen molar-refractivity contribution in [2.75, 3.05) is 0 Å². The quantitative estimate of drug-likeness (QED) is 0.670. The number of benzene rings is 2. The molecule has 102 valence electrons. The molecular formula is C17H13BClNO. The summed E-state index contributed by atoms with van der Waals surface area (Å²) in [5.74, 6) is 0.751. The first kappa shape index (κ1) is 13.7. The molecule has 0 aliphatic carbocycles. The molecule has 0 radical (unpaired) electrons. The minimum Gasteiger partial charge on any atom is -0.558 e. The summed E-state index contributed by atoms with van der Waals surface area (Å²) >= 11 is 6.17. The van der Waals surface area contributed by atoms with Crippen LogP contribution in [-0.4, -0.2) is 12.5 Å². The van der Waals surface area contributed by atoms with Gasteiger partial charge in [-0.3, -0.25) is 4.98 Å². The van der Waals surface area contributed by atoms with Gasteiger partial charge in [-0.05, 0) is 29.2 Å². The van der Waals surface area contributed by atoms with E-state index < -0.39 is 0 Å². The van der Waals surface area contributed by atoms with Gasteiger partial charge in [-0.15, -0.1) is 6.58 Å². The van der Waals surface area contributed by atoms with Gasteiger partial charge in [0.15, 0.2) is 0 Å². The molecule has 0 saturated carbocycles. The molecule has 3 rings (SSSR count). The van der Waals surface area contributed by atoms with E-state index in [0.29, 0.717) is 12.5 Å². The van der Waals surface area contributed by atoms with Gasteiger partial charge in [-0.1, -0.05) is 48.0 Å². The minimum atomic E-state index is 0.374. The Bertz CT molecular complexity index is 798. The molecule has 0 aliphatic rings. The molecule has 2 aromatic carbocycles. The smallest absolute Gasteiger partial charge is 0.374 e. The van der Waals surface area contributed by atoms with Crippen molar-refractivity contribution in [3.63, 3.8) is 0 Å². The SMILES string of the molecule is C=C(BOc1cccc2cccnc12)c1ccccc1Cl. The second kappa shape index (κ2) is 6.02. The predicted molar refractivity (Wildman–Crippen MR) is 90.0 cm³/mol. The van der Waals surface area contributed by atoms with Gasteiger partial charge in [0.05, 0.1) is 0 Å². The number of hydrogen-bond acceptors (Lipinski definition) is 2. The number of aromatic nitrogens is 1. The third-order valence-electron chi connectivity index (χ3n) is 3.25. The maximum absolute atomic E-state index is 6.17. The van der Waals surface area contributed by atoms with E-state index in [2.05, 4.69) is 11.6 Å². The zero-order valence-electron chi connectivity index (χ0n) is 11.4.